The number of carbonyl (C=O) groups is 2. The normalized spacial score (nSPS) is 11.6. The van der Waals surface area contributed by atoms with Crippen molar-refractivity contribution in [1.82, 2.24) is 10.3 Å². The van der Waals surface area contributed by atoms with E-state index in [9.17, 15) is 9.59 Å². The average Bonchev–Trinajstić information content (AvgIpc) is 2.66. The van der Waals surface area contributed by atoms with Crippen molar-refractivity contribution >= 4 is 17.7 Å². The molecule has 0 fully saturated rings. The predicted molar refractivity (Wildman–Crippen MR) is 102 cm³/mol. The summed E-state index contributed by atoms with van der Waals surface area (Å²) in [6, 6.07) is 12.4. The average molecular weight is 371 g/mol. The quantitative estimate of drug-likeness (QED) is 0.743. The van der Waals surface area contributed by atoms with Gasteiger partial charge in [0.2, 0.25) is 11.8 Å². The van der Waals surface area contributed by atoms with Crippen molar-refractivity contribution in [3.05, 3.63) is 54.2 Å². The molecular weight excluding hydrogens is 346 g/mol. The van der Waals surface area contributed by atoms with Crippen LogP contribution in [0.4, 0.5) is 10.5 Å². The highest BCUT2D eigenvalue weighted by Gasteiger charge is 2.24. The van der Waals surface area contributed by atoms with E-state index < -0.39 is 12.1 Å². The van der Waals surface area contributed by atoms with Gasteiger partial charge >= 0.3 is 6.09 Å². The summed E-state index contributed by atoms with van der Waals surface area (Å²) in [5.74, 6) is 0.0237. The van der Waals surface area contributed by atoms with Crippen LogP contribution in [-0.4, -0.2) is 29.6 Å². The molecule has 0 bridgehead atoms. The van der Waals surface area contributed by atoms with E-state index in [0.29, 0.717) is 18.2 Å². The lowest BCUT2D eigenvalue weighted by molar-refractivity contribution is -0.119. The van der Waals surface area contributed by atoms with Crippen molar-refractivity contribution in [3.8, 4) is 5.88 Å². The summed E-state index contributed by atoms with van der Waals surface area (Å²) < 4.78 is 10.5. The van der Waals surface area contributed by atoms with Gasteiger partial charge in [0.25, 0.3) is 0 Å². The van der Waals surface area contributed by atoms with E-state index in [2.05, 4.69) is 15.6 Å². The fraction of sp³-hybridized carbons (Fsp3) is 0.350. The van der Waals surface area contributed by atoms with E-state index >= 15 is 0 Å². The first-order valence-electron chi connectivity index (χ1n) is 8.86. The van der Waals surface area contributed by atoms with Crippen LogP contribution in [0.5, 0.6) is 5.88 Å². The minimum Gasteiger partial charge on any atom is -0.473 e. The third kappa shape index (κ3) is 6.62. The predicted octanol–water partition coefficient (Wildman–Crippen LogP) is 3.37. The van der Waals surface area contributed by atoms with Gasteiger partial charge < -0.3 is 20.1 Å². The molecule has 0 radical (unpaired) electrons. The number of anilines is 1. The van der Waals surface area contributed by atoms with Gasteiger partial charge in [0, 0.05) is 6.07 Å². The number of carbonyl (C=O) groups excluding carboxylic acids is 2. The Balaban J connectivity index is 1.91. The first-order valence-corrected chi connectivity index (χ1v) is 8.86. The van der Waals surface area contributed by atoms with E-state index in [1.54, 1.807) is 19.1 Å². The molecule has 0 aliphatic carbocycles. The van der Waals surface area contributed by atoms with Crippen LogP contribution >= 0.6 is 0 Å². The number of ether oxygens (including phenoxy) is 2. The van der Waals surface area contributed by atoms with Gasteiger partial charge in [-0.3, -0.25) is 4.79 Å². The van der Waals surface area contributed by atoms with Gasteiger partial charge in [0.15, 0.2) is 0 Å². The molecule has 7 nitrogen and oxygen atoms in total. The summed E-state index contributed by atoms with van der Waals surface area (Å²) in [7, 11) is 0. The third-order valence-corrected chi connectivity index (χ3v) is 3.73. The Bertz CT molecular complexity index is 733. The van der Waals surface area contributed by atoms with Crippen molar-refractivity contribution in [2.24, 2.45) is 5.92 Å². The lowest BCUT2D eigenvalue weighted by Gasteiger charge is -2.21. The first-order chi connectivity index (χ1) is 13.0. The van der Waals surface area contributed by atoms with Crippen molar-refractivity contribution in [1.29, 1.82) is 0 Å². The van der Waals surface area contributed by atoms with Crippen LogP contribution in [0.15, 0.2) is 48.7 Å². The second kappa shape index (κ2) is 10.2. The Morgan fingerprint density at radius 1 is 1.11 bits per heavy atom. The second-order valence-electron chi connectivity index (χ2n) is 6.24. The fourth-order valence-electron chi connectivity index (χ4n) is 2.33. The Hall–Kier alpha value is -3.09. The van der Waals surface area contributed by atoms with Crippen LogP contribution in [0.1, 0.15) is 26.3 Å². The van der Waals surface area contributed by atoms with Gasteiger partial charge in [0.05, 0.1) is 18.5 Å². The smallest absolute Gasteiger partial charge is 0.407 e. The minimum absolute atomic E-state index is 0.101. The van der Waals surface area contributed by atoms with Crippen LogP contribution in [0.2, 0.25) is 0 Å². The van der Waals surface area contributed by atoms with Gasteiger partial charge in [-0.05, 0) is 24.5 Å². The number of amides is 2. The van der Waals surface area contributed by atoms with Crippen molar-refractivity contribution in [2.75, 3.05) is 11.9 Å². The molecule has 1 heterocycles. The van der Waals surface area contributed by atoms with Gasteiger partial charge in [-0.25, -0.2) is 9.78 Å². The van der Waals surface area contributed by atoms with Crippen LogP contribution in [0, 0.1) is 5.92 Å². The maximum absolute atomic E-state index is 12.4. The molecule has 1 aromatic heterocycles. The monoisotopic (exact) mass is 371 g/mol. The third-order valence-electron chi connectivity index (χ3n) is 3.73. The summed E-state index contributed by atoms with van der Waals surface area (Å²) in [5.41, 5.74) is 1.56. The van der Waals surface area contributed by atoms with Crippen molar-refractivity contribution in [2.45, 2.75) is 33.4 Å². The molecular formula is C20H25N3O4. The zero-order chi connectivity index (χ0) is 19.6. The molecule has 2 N–H and O–H groups in total. The molecule has 2 aromatic rings. The maximum atomic E-state index is 12.4. The summed E-state index contributed by atoms with van der Waals surface area (Å²) in [6.45, 7) is 6.05. The number of hydrogen-bond acceptors (Lipinski definition) is 5. The molecule has 1 atom stereocenters. The van der Waals surface area contributed by atoms with Gasteiger partial charge in [0.1, 0.15) is 12.6 Å². The van der Waals surface area contributed by atoms with Gasteiger partial charge in [-0.1, -0.05) is 44.2 Å². The van der Waals surface area contributed by atoms with Crippen LogP contribution in [-0.2, 0) is 16.1 Å². The lowest BCUT2D eigenvalue weighted by Crippen LogP contribution is -2.47. The molecule has 0 aliphatic rings. The topological polar surface area (TPSA) is 89.5 Å². The Morgan fingerprint density at radius 2 is 1.85 bits per heavy atom. The first kappa shape index (κ1) is 20.2. The number of alkyl carbamates (subject to hydrolysis) is 1. The molecule has 2 amide bonds. The molecule has 144 valence electrons. The Morgan fingerprint density at radius 3 is 2.44 bits per heavy atom. The summed E-state index contributed by atoms with van der Waals surface area (Å²) in [4.78, 5) is 28.2. The molecule has 0 aliphatic heterocycles. The molecule has 27 heavy (non-hydrogen) atoms. The molecule has 1 aromatic carbocycles. The van der Waals surface area contributed by atoms with Gasteiger partial charge in [-0.15, -0.1) is 0 Å². The number of aromatic nitrogens is 1. The lowest BCUT2D eigenvalue weighted by atomic mass is 10.0. The number of rotatable bonds is 8. The molecule has 7 heteroatoms. The van der Waals surface area contributed by atoms with Crippen molar-refractivity contribution < 1.29 is 19.1 Å². The summed E-state index contributed by atoms with van der Waals surface area (Å²) >= 11 is 0. The van der Waals surface area contributed by atoms with E-state index in [1.807, 2.05) is 44.2 Å². The van der Waals surface area contributed by atoms with Crippen LogP contribution in [0.25, 0.3) is 0 Å². The minimum atomic E-state index is -0.710. The zero-order valence-electron chi connectivity index (χ0n) is 15.8. The maximum Gasteiger partial charge on any atom is 0.407 e. The molecule has 1 unspecified atom stereocenters. The Labute approximate surface area is 159 Å². The molecule has 0 saturated heterocycles. The summed E-state index contributed by atoms with van der Waals surface area (Å²) in [5, 5.41) is 5.31. The number of nitrogens with one attached hydrogen (secondary N) is 2. The second-order valence-corrected chi connectivity index (χ2v) is 6.24. The highest BCUT2D eigenvalue weighted by atomic mass is 16.5. The zero-order valence-corrected chi connectivity index (χ0v) is 15.8. The van der Waals surface area contributed by atoms with Crippen molar-refractivity contribution in [3.63, 3.8) is 0 Å². The number of hydrogen-bond donors (Lipinski definition) is 2. The number of nitrogens with zero attached hydrogens (tertiary/aromatic N) is 1. The highest BCUT2D eigenvalue weighted by molar-refractivity contribution is 5.96. The van der Waals surface area contributed by atoms with Crippen LogP contribution in [0.3, 0.4) is 0 Å². The van der Waals surface area contributed by atoms with E-state index in [4.69, 9.17) is 9.47 Å². The van der Waals surface area contributed by atoms with E-state index in [0.717, 1.165) is 5.56 Å². The summed E-state index contributed by atoms with van der Waals surface area (Å²) in [6.07, 6.45) is 0.897. The molecule has 2 rings (SSSR count). The van der Waals surface area contributed by atoms with Gasteiger partial charge in [-0.2, -0.15) is 0 Å². The number of pyridine rings is 1. The largest absolute Gasteiger partial charge is 0.473 e. The molecule has 0 saturated carbocycles. The van der Waals surface area contributed by atoms with Crippen LogP contribution < -0.4 is 15.4 Å². The molecule has 0 spiro atoms. The highest BCUT2D eigenvalue weighted by Crippen LogP contribution is 2.14. The Kier molecular flexibility index (Phi) is 7.61. The van der Waals surface area contributed by atoms with E-state index in [1.165, 1.54) is 6.20 Å². The standard InChI is InChI=1S/C20H25N3O4/c1-4-26-20(25)23-18(14(2)3)19(24)22-16-10-11-17(21-12-16)27-13-15-8-6-5-7-9-15/h5-12,14,18H,4,13H2,1-3H3,(H,22,24)(H,23,25). The SMILES string of the molecule is CCOC(=O)NC(C(=O)Nc1ccc(OCc2ccccc2)nc1)C(C)C. The fourth-order valence-corrected chi connectivity index (χ4v) is 2.33. The number of benzene rings is 1. The van der Waals surface area contributed by atoms with E-state index in [-0.39, 0.29) is 18.4 Å².